The maximum Gasteiger partial charge on any atom is 0.416 e. The zero-order valence-corrected chi connectivity index (χ0v) is 10.2. The first kappa shape index (κ1) is 13.9. The molecule has 3 nitrogen and oxygen atoms in total. The molecule has 0 spiro atoms. The van der Waals surface area contributed by atoms with Crippen LogP contribution in [0.4, 0.5) is 13.2 Å². The fourth-order valence-corrected chi connectivity index (χ4v) is 1.92. The summed E-state index contributed by atoms with van der Waals surface area (Å²) in [6, 6.07) is 4.25. The number of carbonyl (C=O) groups excluding carboxylic acids is 1. The number of benzene rings is 1. The maximum absolute atomic E-state index is 12.4. The summed E-state index contributed by atoms with van der Waals surface area (Å²) in [5.41, 5.74) is -0.519. The Morgan fingerprint density at radius 2 is 1.74 bits per heavy atom. The summed E-state index contributed by atoms with van der Waals surface area (Å²) in [6.07, 6.45) is -2.92. The van der Waals surface area contributed by atoms with E-state index in [1.165, 1.54) is 12.1 Å². The first-order chi connectivity index (χ1) is 8.97. The summed E-state index contributed by atoms with van der Waals surface area (Å²) >= 11 is 0. The summed E-state index contributed by atoms with van der Waals surface area (Å²) < 4.78 is 42.3. The van der Waals surface area contributed by atoms with Crippen LogP contribution in [-0.2, 0) is 10.9 Å². The Hall–Kier alpha value is -1.56. The van der Waals surface area contributed by atoms with Gasteiger partial charge in [0.05, 0.1) is 5.56 Å². The van der Waals surface area contributed by atoms with Crippen LogP contribution in [0.15, 0.2) is 24.3 Å². The van der Waals surface area contributed by atoms with Crippen LogP contribution < -0.4 is 5.32 Å². The highest BCUT2D eigenvalue weighted by atomic mass is 19.4. The van der Waals surface area contributed by atoms with Gasteiger partial charge in [0.25, 0.3) is 5.91 Å². The van der Waals surface area contributed by atoms with Gasteiger partial charge in [-0.05, 0) is 37.1 Å². The topological polar surface area (TPSA) is 38.3 Å². The van der Waals surface area contributed by atoms with Crippen LogP contribution in [0, 0.1) is 0 Å². The fourth-order valence-electron chi connectivity index (χ4n) is 1.92. The number of carbonyl (C=O) groups is 1. The Kier molecular flexibility index (Phi) is 4.09. The lowest BCUT2D eigenvalue weighted by atomic mass is 10.1. The van der Waals surface area contributed by atoms with E-state index in [9.17, 15) is 18.0 Å². The average Bonchev–Trinajstić information content (AvgIpc) is 2.39. The van der Waals surface area contributed by atoms with E-state index in [4.69, 9.17) is 4.74 Å². The molecule has 2 rings (SSSR count). The minimum atomic E-state index is -4.38. The fraction of sp³-hybridized carbons (Fsp3) is 0.462. The Morgan fingerprint density at radius 1 is 1.16 bits per heavy atom. The molecule has 1 aromatic rings. The van der Waals surface area contributed by atoms with Crippen LogP contribution in [0.2, 0.25) is 0 Å². The van der Waals surface area contributed by atoms with E-state index in [2.05, 4.69) is 5.32 Å². The lowest BCUT2D eigenvalue weighted by Gasteiger charge is -2.23. The zero-order valence-electron chi connectivity index (χ0n) is 10.2. The Morgan fingerprint density at radius 3 is 2.26 bits per heavy atom. The molecule has 0 atom stereocenters. The minimum Gasteiger partial charge on any atom is -0.381 e. The molecular formula is C13H14F3NO2. The molecule has 0 bridgehead atoms. The largest absolute Gasteiger partial charge is 0.416 e. The van der Waals surface area contributed by atoms with E-state index in [0.717, 1.165) is 25.0 Å². The third kappa shape index (κ3) is 3.70. The predicted molar refractivity (Wildman–Crippen MR) is 62.8 cm³/mol. The number of rotatable bonds is 2. The first-order valence-electron chi connectivity index (χ1n) is 6.02. The number of alkyl halides is 3. The number of nitrogens with one attached hydrogen (secondary N) is 1. The van der Waals surface area contributed by atoms with E-state index in [-0.39, 0.29) is 17.5 Å². The van der Waals surface area contributed by atoms with Gasteiger partial charge in [0, 0.05) is 24.8 Å². The van der Waals surface area contributed by atoms with Crippen molar-refractivity contribution in [2.75, 3.05) is 13.2 Å². The second kappa shape index (κ2) is 5.61. The molecule has 1 N–H and O–H groups in total. The number of amides is 1. The highest BCUT2D eigenvalue weighted by Crippen LogP contribution is 2.29. The second-order valence-corrected chi connectivity index (χ2v) is 4.44. The van der Waals surface area contributed by atoms with Crippen molar-refractivity contribution < 1.29 is 22.7 Å². The lowest BCUT2D eigenvalue weighted by Crippen LogP contribution is -2.38. The van der Waals surface area contributed by atoms with Gasteiger partial charge in [-0.3, -0.25) is 4.79 Å². The van der Waals surface area contributed by atoms with Crippen LogP contribution in [0.1, 0.15) is 28.8 Å². The van der Waals surface area contributed by atoms with Crippen LogP contribution in [-0.4, -0.2) is 25.2 Å². The molecule has 0 saturated carbocycles. The standard InChI is InChI=1S/C13H14F3NO2/c14-13(15,16)10-3-1-9(2-4-10)12(18)17-11-5-7-19-8-6-11/h1-4,11H,5-8H2,(H,17,18). The van der Waals surface area contributed by atoms with Gasteiger partial charge in [-0.2, -0.15) is 13.2 Å². The molecule has 1 saturated heterocycles. The van der Waals surface area contributed by atoms with Crippen molar-refractivity contribution in [3.63, 3.8) is 0 Å². The monoisotopic (exact) mass is 273 g/mol. The van der Waals surface area contributed by atoms with E-state index in [1.807, 2.05) is 0 Å². The molecule has 0 aromatic heterocycles. The van der Waals surface area contributed by atoms with Gasteiger partial charge in [-0.1, -0.05) is 0 Å². The smallest absolute Gasteiger partial charge is 0.381 e. The highest BCUT2D eigenvalue weighted by Gasteiger charge is 2.30. The molecule has 1 aromatic carbocycles. The lowest BCUT2D eigenvalue weighted by molar-refractivity contribution is -0.137. The molecule has 1 aliphatic rings. The van der Waals surface area contributed by atoms with Crippen molar-refractivity contribution in [3.05, 3.63) is 35.4 Å². The summed E-state index contributed by atoms with van der Waals surface area (Å²) in [5.74, 6) is -0.347. The molecule has 0 unspecified atom stereocenters. The Balaban J connectivity index is 1.99. The number of hydrogen-bond donors (Lipinski definition) is 1. The van der Waals surface area contributed by atoms with E-state index < -0.39 is 11.7 Å². The van der Waals surface area contributed by atoms with Crippen molar-refractivity contribution in [2.24, 2.45) is 0 Å². The molecule has 1 heterocycles. The van der Waals surface area contributed by atoms with Gasteiger partial charge < -0.3 is 10.1 Å². The third-order valence-electron chi connectivity index (χ3n) is 3.03. The molecular weight excluding hydrogens is 259 g/mol. The van der Waals surface area contributed by atoms with Gasteiger partial charge >= 0.3 is 6.18 Å². The van der Waals surface area contributed by atoms with Crippen molar-refractivity contribution in [1.82, 2.24) is 5.32 Å². The van der Waals surface area contributed by atoms with Crippen molar-refractivity contribution in [1.29, 1.82) is 0 Å². The first-order valence-corrected chi connectivity index (χ1v) is 6.02. The molecule has 19 heavy (non-hydrogen) atoms. The van der Waals surface area contributed by atoms with Crippen LogP contribution in [0.25, 0.3) is 0 Å². The quantitative estimate of drug-likeness (QED) is 0.899. The summed E-state index contributed by atoms with van der Waals surface area (Å²) in [5, 5.41) is 2.79. The van der Waals surface area contributed by atoms with E-state index in [1.54, 1.807) is 0 Å². The molecule has 1 aliphatic heterocycles. The maximum atomic E-state index is 12.4. The summed E-state index contributed by atoms with van der Waals surface area (Å²) in [7, 11) is 0. The van der Waals surface area contributed by atoms with Gasteiger partial charge in [0.15, 0.2) is 0 Å². The second-order valence-electron chi connectivity index (χ2n) is 4.44. The SMILES string of the molecule is O=C(NC1CCOCC1)c1ccc(C(F)(F)F)cc1. The van der Waals surface area contributed by atoms with Crippen LogP contribution in [0.5, 0.6) is 0 Å². The van der Waals surface area contributed by atoms with Crippen molar-refractivity contribution >= 4 is 5.91 Å². The van der Waals surface area contributed by atoms with Crippen LogP contribution in [0.3, 0.4) is 0 Å². The van der Waals surface area contributed by atoms with Gasteiger partial charge in [-0.15, -0.1) is 0 Å². The number of ether oxygens (including phenoxy) is 1. The summed E-state index contributed by atoms with van der Waals surface area (Å²) in [6.45, 7) is 1.19. The molecule has 1 amide bonds. The van der Waals surface area contributed by atoms with Crippen molar-refractivity contribution in [2.45, 2.75) is 25.1 Å². The number of hydrogen-bond acceptors (Lipinski definition) is 2. The highest BCUT2D eigenvalue weighted by molar-refractivity contribution is 5.94. The molecule has 6 heteroatoms. The van der Waals surface area contributed by atoms with Gasteiger partial charge in [-0.25, -0.2) is 0 Å². The van der Waals surface area contributed by atoms with E-state index >= 15 is 0 Å². The average molecular weight is 273 g/mol. The normalized spacial score (nSPS) is 17.2. The third-order valence-corrected chi connectivity index (χ3v) is 3.03. The van der Waals surface area contributed by atoms with Crippen molar-refractivity contribution in [3.8, 4) is 0 Å². The zero-order chi connectivity index (χ0) is 13.9. The predicted octanol–water partition coefficient (Wildman–Crippen LogP) is 2.61. The molecule has 1 fully saturated rings. The molecule has 0 radical (unpaired) electrons. The van der Waals surface area contributed by atoms with Gasteiger partial charge in [0.1, 0.15) is 0 Å². The van der Waals surface area contributed by atoms with Crippen LogP contribution >= 0.6 is 0 Å². The minimum absolute atomic E-state index is 0.0311. The molecule has 104 valence electrons. The number of halogens is 3. The Labute approximate surface area is 108 Å². The molecule has 0 aliphatic carbocycles. The van der Waals surface area contributed by atoms with E-state index in [0.29, 0.717) is 13.2 Å². The van der Waals surface area contributed by atoms with Gasteiger partial charge in [0.2, 0.25) is 0 Å². The Bertz CT molecular complexity index is 436. The summed E-state index contributed by atoms with van der Waals surface area (Å²) in [4.78, 5) is 11.8.